The van der Waals surface area contributed by atoms with Gasteiger partial charge in [-0.15, -0.1) is 0 Å². The first-order valence-corrected chi connectivity index (χ1v) is 5.90. The van der Waals surface area contributed by atoms with Crippen LogP contribution in [-0.2, 0) is 6.42 Å². The molecule has 0 atom stereocenters. The van der Waals surface area contributed by atoms with Crippen LogP contribution in [0.1, 0.15) is 21.7 Å². The van der Waals surface area contributed by atoms with Crippen molar-refractivity contribution in [3.05, 3.63) is 52.4 Å². The Morgan fingerprint density at radius 3 is 2.72 bits per heavy atom. The Labute approximate surface area is 110 Å². The van der Waals surface area contributed by atoms with Gasteiger partial charge in [0, 0.05) is 12.0 Å². The van der Waals surface area contributed by atoms with E-state index in [4.69, 9.17) is 20.8 Å². The van der Waals surface area contributed by atoms with Gasteiger partial charge in [0.25, 0.3) is 0 Å². The van der Waals surface area contributed by atoms with Crippen molar-refractivity contribution >= 4 is 17.4 Å². The largest absolute Gasteiger partial charge is 0.496 e. The molecule has 0 aliphatic rings. The van der Waals surface area contributed by atoms with E-state index in [2.05, 4.69) is 0 Å². The van der Waals surface area contributed by atoms with Crippen LogP contribution in [0.4, 0.5) is 0 Å². The van der Waals surface area contributed by atoms with Gasteiger partial charge in [-0.05, 0) is 36.7 Å². The Balaban J connectivity index is 2.23. The van der Waals surface area contributed by atoms with E-state index in [1.54, 1.807) is 19.2 Å². The van der Waals surface area contributed by atoms with Gasteiger partial charge in [-0.2, -0.15) is 0 Å². The molecule has 4 heteroatoms. The van der Waals surface area contributed by atoms with Crippen molar-refractivity contribution in [1.82, 2.24) is 0 Å². The average Bonchev–Trinajstić information content (AvgIpc) is 2.76. The third-order valence-corrected chi connectivity index (χ3v) is 2.84. The molecule has 0 radical (unpaired) electrons. The SMILES string of the molecule is COc1ccc(C)cc1CC(=O)c1ccc(Cl)o1. The highest BCUT2D eigenvalue weighted by Crippen LogP contribution is 2.22. The van der Waals surface area contributed by atoms with Gasteiger partial charge in [0.15, 0.2) is 11.0 Å². The molecule has 0 bridgehead atoms. The second kappa shape index (κ2) is 5.27. The van der Waals surface area contributed by atoms with Crippen molar-refractivity contribution in [2.45, 2.75) is 13.3 Å². The predicted octanol–water partition coefficient (Wildman–Crippen LogP) is 3.68. The van der Waals surface area contributed by atoms with E-state index in [0.29, 0.717) is 5.75 Å². The zero-order chi connectivity index (χ0) is 13.1. The fraction of sp³-hybridized carbons (Fsp3) is 0.214. The number of hydrogen-bond donors (Lipinski definition) is 0. The van der Waals surface area contributed by atoms with Gasteiger partial charge in [-0.25, -0.2) is 0 Å². The van der Waals surface area contributed by atoms with E-state index >= 15 is 0 Å². The Kier molecular flexibility index (Phi) is 3.72. The van der Waals surface area contributed by atoms with Crippen LogP contribution < -0.4 is 4.74 Å². The molecule has 0 amide bonds. The Bertz CT molecular complexity index is 572. The molecule has 0 saturated carbocycles. The molecule has 0 aliphatic carbocycles. The van der Waals surface area contributed by atoms with Crippen LogP contribution in [0.15, 0.2) is 34.7 Å². The maximum Gasteiger partial charge on any atom is 0.202 e. The number of hydrogen-bond acceptors (Lipinski definition) is 3. The van der Waals surface area contributed by atoms with Crippen molar-refractivity contribution < 1.29 is 13.9 Å². The summed E-state index contributed by atoms with van der Waals surface area (Å²) in [6.45, 7) is 1.97. The van der Waals surface area contributed by atoms with E-state index in [1.165, 1.54) is 0 Å². The molecule has 0 unspecified atom stereocenters. The molecule has 94 valence electrons. The first-order valence-electron chi connectivity index (χ1n) is 5.52. The summed E-state index contributed by atoms with van der Waals surface area (Å²) in [6.07, 6.45) is 0.231. The molecule has 0 N–H and O–H groups in total. The molecule has 3 nitrogen and oxygen atoms in total. The van der Waals surface area contributed by atoms with E-state index in [0.717, 1.165) is 11.1 Å². The fourth-order valence-corrected chi connectivity index (χ4v) is 1.92. The summed E-state index contributed by atoms with van der Waals surface area (Å²) in [5.74, 6) is 0.848. The normalized spacial score (nSPS) is 10.4. The summed E-state index contributed by atoms with van der Waals surface area (Å²) >= 11 is 5.65. The number of carbonyl (C=O) groups excluding carboxylic acids is 1. The third-order valence-electron chi connectivity index (χ3n) is 2.63. The number of halogens is 1. The molecule has 1 aromatic heterocycles. The van der Waals surface area contributed by atoms with Crippen molar-refractivity contribution in [2.24, 2.45) is 0 Å². The highest BCUT2D eigenvalue weighted by atomic mass is 35.5. The number of ether oxygens (including phenoxy) is 1. The lowest BCUT2D eigenvalue weighted by atomic mass is 10.0. The molecule has 0 saturated heterocycles. The van der Waals surface area contributed by atoms with Crippen LogP contribution in [0.5, 0.6) is 5.75 Å². The first-order chi connectivity index (χ1) is 8.60. The molecular formula is C14H13ClO3. The molecular weight excluding hydrogens is 252 g/mol. The van der Waals surface area contributed by atoms with Crippen LogP contribution in [0.2, 0.25) is 5.22 Å². The van der Waals surface area contributed by atoms with Crippen molar-refractivity contribution in [1.29, 1.82) is 0 Å². The molecule has 1 heterocycles. The molecule has 1 aromatic carbocycles. The fourth-order valence-electron chi connectivity index (χ4n) is 1.77. The Morgan fingerprint density at radius 2 is 2.11 bits per heavy atom. The van der Waals surface area contributed by atoms with Gasteiger partial charge in [0.05, 0.1) is 7.11 Å². The summed E-state index contributed by atoms with van der Waals surface area (Å²) in [4.78, 5) is 12.0. The van der Waals surface area contributed by atoms with Crippen LogP contribution in [0.3, 0.4) is 0 Å². The van der Waals surface area contributed by atoms with E-state index < -0.39 is 0 Å². The maximum atomic E-state index is 12.0. The van der Waals surface area contributed by atoms with Gasteiger partial charge < -0.3 is 9.15 Å². The summed E-state index contributed by atoms with van der Waals surface area (Å²) in [5.41, 5.74) is 1.92. The van der Waals surface area contributed by atoms with Gasteiger partial charge >= 0.3 is 0 Å². The van der Waals surface area contributed by atoms with Crippen LogP contribution >= 0.6 is 11.6 Å². The molecule has 0 spiro atoms. The Hall–Kier alpha value is -1.74. The topological polar surface area (TPSA) is 39.4 Å². The minimum absolute atomic E-state index is 0.120. The number of carbonyl (C=O) groups is 1. The Morgan fingerprint density at radius 1 is 1.33 bits per heavy atom. The number of rotatable bonds is 4. The highest BCUT2D eigenvalue weighted by Gasteiger charge is 2.14. The smallest absolute Gasteiger partial charge is 0.202 e. The number of methoxy groups -OCH3 is 1. The molecule has 18 heavy (non-hydrogen) atoms. The third kappa shape index (κ3) is 2.74. The van der Waals surface area contributed by atoms with Crippen molar-refractivity contribution in [2.75, 3.05) is 7.11 Å². The minimum atomic E-state index is -0.120. The minimum Gasteiger partial charge on any atom is -0.496 e. The second-order valence-corrected chi connectivity index (χ2v) is 4.39. The summed E-state index contributed by atoms with van der Waals surface area (Å²) < 4.78 is 10.3. The number of benzene rings is 1. The summed E-state index contributed by atoms with van der Waals surface area (Å²) in [6, 6.07) is 8.86. The predicted molar refractivity (Wildman–Crippen MR) is 69.5 cm³/mol. The number of Topliss-reactive ketones (excluding diaryl/α,β-unsaturated/α-hetero) is 1. The maximum absolute atomic E-state index is 12.0. The van der Waals surface area contributed by atoms with E-state index in [9.17, 15) is 4.79 Å². The lowest BCUT2D eigenvalue weighted by molar-refractivity contribution is 0.0965. The van der Waals surface area contributed by atoms with Crippen LogP contribution in [0, 0.1) is 6.92 Å². The zero-order valence-corrected chi connectivity index (χ0v) is 11.0. The molecule has 2 aromatic rings. The van der Waals surface area contributed by atoms with Gasteiger partial charge in [-0.1, -0.05) is 17.7 Å². The molecule has 0 fully saturated rings. The molecule has 2 rings (SSSR count). The second-order valence-electron chi connectivity index (χ2n) is 4.02. The lowest BCUT2D eigenvalue weighted by Crippen LogP contribution is -2.04. The lowest BCUT2D eigenvalue weighted by Gasteiger charge is -2.08. The van der Waals surface area contributed by atoms with Gasteiger partial charge in [0.1, 0.15) is 5.75 Å². The quantitative estimate of drug-likeness (QED) is 0.791. The van der Waals surface area contributed by atoms with Crippen molar-refractivity contribution in [3.8, 4) is 5.75 Å². The summed E-state index contributed by atoms with van der Waals surface area (Å²) in [7, 11) is 1.59. The number of ketones is 1. The number of aryl methyl sites for hydroxylation is 1. The molecule has 0 aliphatic heterocycles. The van der Waals surface area contributed by atoms with Gasteiger partial charge in [-0.3, -0.25) is 4.79 Å². The highest BCUT2D eigenvalue weighted by molar-refractivity contribution is 6.29. The summed E-state index contributed by atoms with van der Waals surface area (Å²) in [5, 5.41) is 0.217. The first kappa shape index (κ1) is 12.7. The average molecular weight is 265 g/mol. The van der Waals surface area contributed by atoms with E-state index in [-0.39, 0.29) is 23.2 Å². The standard InChI is InChI=1S/C14H13ClO3/c1-9-3-4-12(17-2)10(7-9)8-11(16)13-5-6-14(15)18-13/h3-7H,8H2,1-2H3. The van der Waals surface area contributed by atoms with Crippen molar-refractivity contribution in [3.63, 3.8) is 0 Å². The van der Waals surface area contributed by atoms with E-state index in [1.807, 2.05) is 25.1 Å². The van der Waals surface area contributed by atoms with Crippen LogP contribution in [-0.4, -0.2) is 12.9 Å². The number of furan rings is 1. The van der Waals surface area contributed by atoms with Crippen LogP contribution in [0.25, 0.3) is 0 Å². The monoisotopic (exact) mass is 264 g/mol. The van der Waals surface area contributed by atoms with Gasteiger partial charge in [0.2, 0.25) is 5.78 Å². The zero-order valence-electron chi connectivity index (χ0n) is 10.2.